The number of nitrogens with zero attached hydrogens (tertiary/aromatic N) is 2. The largest absolute Gasteiger partial charge is 0.462 e. The summed E-state index contributed by atoms with van der Waals surface area (Å²) in [6.07, 6.45) is 1.84. The van der Waals surface area contributed by atoms with E-state index < -0.39 is 16.0 Å². The zero-order valence-corrected chi connectivity index (χ0v) is 13.6. The van der Waals surface area contributed by atoms with Crippen molar-refractivity contribution < 1.29 is 22.7 Å². The van der Waals surface area contributed by atoms with Crippen molar-refractivity contribution in [1.29, 1.82) is 0 Å². The molecule has 2 aliphatic rings. The molecule has 7 nitrogen and oxygen atoms in total. The predicted molar refractivity (Wildman–Crippen MR) is 82.7 cm³/mol. The van der Waals surface area contributed by atoms with Gasteiger partial charge in [0.2, 0.25) is 0 Å². The van der Waals surface area contributed by atoms with Gasteiger partial charge in [-0.05, 0) is 25.0 Å². The number of likely N-dealkylation sites (N-methyl/N-ethyl adjacent to an activating group) is 1. The number of carbonyl (C=O) groups excluding carboxylic acids is 1. The molecule has 0 N–H and O–H groups in total. The molecule has 0 aromatic heterocycles. The summed E-state index contributed by atoms with van der Waals surface area (Å²) in [5, 5.41) is 0. The third-order valence-corrected chi connectivity index (χ3v) is 5.12. The molecule has 0 bridgehead atoms. The highest BCUT2D eigenvalue weighted by Gasteiger charge is 2.31. The molecule has 0 unspecified atom stereocenters. The van der Waals surface area contributed by atoms with Crippen LogP contribution in [-0.4, -0.2) is 58.0 Å². The monoisotopic (exact) mass is 338 g/mol. The highest BCUT2D eigenvalue weighted by atomic mass is 32.2. The zero-order chi connectivity index (χ0) is 16.4. The van der Waals surface area contributed by atoms with Gasteiger partial charge in [0, 0.05) is 19.2 Å². The molecule has 124 valence electrons. The second-order valence-electron chi connectivity index (χ2n) is 5.56. The van der Waals surface area contributed by atoms with E-state index in [-0.39, 0.29) is 30.0 Å². The Balaban J connectivity index is 1.64. The molecular formula is C15H18N2O5S. The van der Waals surface area contributed by atoms with Crippen molar-refractivity contribution in [2.45, 2.75) is 23.8 Å². The Morgan fingerprint density at radius 2 is 2.22 bits per heavy atom. The van der Waals surface area contributed by atoms with Crippen molar-refractivity contribution in [1.82, 2.24) is 4.90 Å². The van der Waals surface area contributed by atoms with E-state index in [2.05, 4.69) is 4.40 Å². The van der Waals surface area contributed by atoms with Crippen LogP contribution in [0.2, 0.25) is 0 Å². The van der Waals surface area contributed by atoms with Gasteiger partial charge in [-0.25, -0.2) is 0 Å². The van der Waals surface area contributed by atoms with E-state index in [1.165, 1.54) is 11.0 Å². The maximum atomic E-state index is 12.0. The third kappa shape index (κ3) is 3.37. The number of sulfonamides is 1. The normalized spacial score (nSPS) is 21.6. The van der Waals surface area contributed by atoms with Crippen molar-refractivity contribution in [3.8, 4) is 0 Å². The number of rotatable bonds is 4. The second-order valence-corrected chi connectivity index (χ2v) is 7.13. The lowest BCUT2D eigenvalue weighted by molar-refractivity contribution is -0.147. The minimum Gasteiger partial charge on any atom is -0.462 e. The molecule has 1 aromatic carbocycles. The Kier molecular flexibility index (Phi) is 4.36. The van der Waals surface area contributed by atoms with Crippen LogP contribution < -0.4 is 0 Å². The van der Waals surface area contributed by atoms with E-state index in [0.29, 0.717) is 12.2 Å². The van der Waals surface area contributed by atoms with Crippen LogP contribution in [0.15, 0.2) is 33.6 Å². The topological polar surface area (TPSA) is 85.3 Å². The predicted octanol–water partition coefficient (Wildman–Crippen LogP) is 0.789. The molecular weight excluding hydrogens is 320 g/mol. The van der Waals surface area contributed by atoms with Crippen LogP contribution in [0, 0.1) is 0 Å². The summed E-state index contributed by atoms with van der Waals surface area (Å²) in [4.78, 5) is 13.6. The lowest BCUT2D eigenvalue weighted by Gasteiger charge is -2.18. The Labute approximate surface area is 135 Å². The molecule has 8 heteroatoms. The van der Waals surface area contributed by atoms with Crippen LogP contribution in [-0.2, 0) is 24.3 Å². The van der Waals surface area contributed by atoms with Gasteiger partial charge in [0.15, 0.2) is 5.84 Å². The van der Waals surface area contributed by atoms with Gasteiger partial charge in [0.1, 0.15) is 18.0 Å². The molecule has 1 aromatic rings. The van der Waals surface area contributed by atoms with Gasteiger partial charge in [0.25, 0.3) is 10.0 Å². The summed E-state index contributed by atoms with van der Waals surface area (Å²) in [5.41, 5.74) is 0.502. The van der Waals surface area contributed by atoms with E-state index in [1.807, 2.05) is 0 Å². The van der Waals surface area contributed by atoms with Gasteiger partial charge < -0.3 is 14.4 Å². The van der Waals surface area contributed by atoms with Crippen LogP contribution in [0.1, 0.15) is 18.4 Å². The zero-order valence-electron chi connectivity index (χ0n) is 12.8. The fraction of sp³-hybridized carbons (Fsp3) is 0.467. The van der Waals surface area contributed by atoms with Crippen molar-refractivity contribution in [2.75, 3.05) is 26.8 Å². The molecule has 2 aliphatic heterocycles. The summed E-state index contributed by atoms with van der Waals surface area (Å²) < 4.78 is 38.3. The maximum absolute atomic E-state index is 12.0. The Hall–Kier alpha value is -1.93. The quantitative estimate of drug-likeness (QED) is 0.755. The lowest BCUT2D eigenvalue weighted by atomic mass is 10.2. The molecule has 23 heavy (non-hydrogen) atoms. The average Bonchev–Trinajstić information content (AvgIpc) is 3.12. The number of hydrogen-bond donors (Lipinski definition) is 0. The number of esters is 1. The van der Waals surface area contributed by atoms with Crippen molar-refractivity contribution in [2.24, 2.45) is 4.40 Å². The summed E-state index contributed by atoms with van der Waals surface area (Å²) in [7, 11) is -2.07. The van der Waals surface area contributed by atoms with Crippen LogP contribution in [0.25, 0.3) is 0 Å². The first-order valence-corrected chi connectivity index (χ1v) is 8.84. The minimum absolute atomic E-state index is 0.0332. The molecule has 1 atom stereocenters. The number of benzene rings is 1. The Morgan fingerprint density at radius 3 is 2.96 bits per heavy atom. The molecule has 1 saturated heterocycles. The van der Waals surface area contributed by atoms with E-state index in [4.69, 9.17) is 9.47 Å². The first-order chi connectivity index (χ1) is 11.0. The fourth-order valence-corrected chi connectivity index (χ4v) is 3.89. The number of ether oxygens (including phenoxy) is 2. The van der Waals surface area contributed by atoms with Crippen LogP contribution in [0.3, 0.4) is 0 Å². The molecule has 2 heterocycles. The molecule has 0 amide bonds. The van der Waals surface area contributed by atoms with E-state index in [1.54, 1.807) is 25.2 Å². The van der Waals surface area contributed by atoms with Crippen molar-refractivity contribution >= 4 is 21.8 Å². The fourth-order valence-electron chi connectivity index (χ4n) is 2.64. The van der Waals surface area contributed by atoms with E-state index in [9.17, 15) is 13.2 Å². The average molecular weight is 338 g/mol. The molecule has 3 rings (SSSR count). The SMILES string of the molecule is CN(CC(=O)OC[C@@H]1CCCO1)C1=NS(=O)(=O)c2ccccc21. The molecule has 0 radical (unpaired) electrons. The Bertz CT molecular complexity index is 738. The van der Waals surface area contributed by atoms with E-state index >= 15 is 0 Å². The van der Waals surface area contributed by atoms with Crippen LogP contribution >= 0.6 is 0 Å². The summed E-state index contributed by atoms with van der Waals surface area (Å²) in [6, 6.07) is 6.56. The highest BCUT2D eigenvalue weighted by Crippen LogP contribution is 2.26. The number of fused-ring (bicyclic) bond motifs is 1. The Morgan fingerprint density at radius 1 is 1.43 bits per heavy atom. The van der Waals surface area contributed by atoms with Gasteiger partial charge >= 0.3 is 5.97 Å². The standard InChI is InChI=1S/C15H18N2O5S/c1-17(9-14(18)22-10-11-5-4-8-21-11)15-12-6-2-3-7-13(12)23(19,20)16-15/h2-3,6-7,11H,4-5,8-10H2,1H3/t11-/m0/s1. The number of hydrogen-bond acceptors (Lipinski definition) is 6. The maximum Gasteiger partial charge on any atom is 0.325 e. The lowest BCUT2D eigenvalue weighted by Crippen LogP contribution is -2.34. The van der Waals surface area contributed by atoms with Crippen LogP contribution in [0.5, 0.6) is 0 Å². The minimum atomic E-state index is -3.69. The summed E-state index contributed by atoms with van der Waals surface area (Å²) >= 11 is 0. The molecule has 0 aliphatic carbocycles. The summed E-state index contributed by atoms with van der Waals surface area (Å²) in [6.45, 7) is 0.858. The smallest absolute Gasteiger partial charge is 0.325 e. The van der Waals surface area contributed by atoms with Crippen molar-refractivity contribution in [3.63, 3.8) is 0 Å². The summed E-state index contributed by atoms with van der Waals surface area (Å²) in [5.74, 6) is -0.179. The van der Waals surface area contributed by atoms with Gasteiger partial charge in [0.05, 0.1) is 6.10 Å². The van der Waals surface area contributed by atoms with Gasteiger partial charge in [-0.1, -0.05) is 12.1 Å². The molecule has 0 saturated carbocycles. The first-order valence-electron chi connectivity index (χ1n) is 7.40. The highest BCUT2D eigenvalue weighted by molar-refractivity contribution is 7.90. The number of carbonyl (C=O) groups is 1. The molecule has 0 spiro atoms. The first kappa shape index (κ1) is 15.9. The van der Waals surface area contributed by atoms with Crippen LogP contribution in [0.4, 0.5) is 0 Å². The molecule has 1 fully saturated rings. The number of amidine groups is 1. The third-order valence-electron chi connectivity index (χ3n) is 3.79. The van der Waals surface area contributed by atoms with E-state index in [0.717, 1.165) is 12.8 Å². The second kappa shape index (κ2) is 6.29. The van der Waals surface area contributed by atoms with Gasteiger partial charge in [-0.15, -0.1) is 4.40 Å². The van der Waals surface area contributed by atoms with Gasteiger partial charge in [-0.3, -0.25) is 4.79 Å². The van der Waals surface area contributed by atoms with Crippen molar-refractivity contribution in [3.05, 3.63) is 29.8 Å². The van der Waals surface area contributed by atoms with Gasteiger partial charge in [-0.2, -0.15) is 8.42 Å².